The van der Waals surface area contributed by atoms with Crippen LogP contribution in [-0.4, -0.2) is 12.1 Å². The largest absolute Gasteiger partial charge is 0.457 e. The van der Waals surface area contributed by atoms with Gasteiger partial charge in [-0.15, -0.1) is 0 Å². The van der Waals surface area contributed by atoms with E-state index in [0.717, 1.165) is 24.8 Å². The van der Waals surface area contributed by atoms with Gasteiger partial charge in [-0.25, -0.2) is 0 Å². The molecule has 0 aromatic rings. The van der Waals surface area contributed by atoms with Gasteiger partial charge in [-0.05, 0) is 25.3 Å². The number of hydrogen-bond acceptors (Lipinski definition) is 2. The molecular formula is C15H24O2. The minimum Gasteiger partial charge on any atom is -0.457 e. The predicted octanol–water partition coefficient (Wildman–Crippen LogP) is 4.19. The molecule has 0 saturated heterocycles. The lowest BCUT2D eigenvalue weighted by Gasteiger charge is -2.18. The second-order valence-electron chi connectivity index (χ2n) is 3.90. The fourth-order valence-electron chi connectivity index (χ4n) is 1.55. The van der Waals surface area contributed by atoms with Gasteiger partial charge in [0.2, 0.25) is 0 Å². The molecule has 17 heavy (non-hydrogen) atoms. The summed E-state index contributed by atoms with van der Waals surface area (Å²) in [7, 11) is 0. The van der Waals surface area contributed by atoms with Crippen molar-refractivity contribution in [2.45, 2.75) is 52.6 Å². The summed E-state index contributed by atoms with van der Waals surface area (Å²) in [5.41, 5.74) is 1.04. The van der Waals surface area contributed by atoms with Crippen LogP contribution < -0.4 is 0 Å². The van der Waals surface area contributed by atoms with Gasteiger partial charge in [0.1, 0.15) is 6.10 Å². The fourth-order valence-corrected chi connectivity index (χ4v) is 1.55. The second-order valence-corrected chi connectivity index (χ2v) is 3.90. The molecule has 0 spiro atoms. The van der Waals surface area contributed by atoms with Crippen LogP contribution in [0.2, 0.25) is 0 Å². The lowest BCUT2D eigenvalue weighted by Crippen LogP contribution is -2.19. The van der Waals surface area contributed by atoms with E-state index in [4.69, 9.17) is 4.74 Å². The first kappa shape index (κ1) is 15.7. The normalized spacial score (nSPS) is 13.7. The van der Waals surface area contributed by atoms with Gasteiger partial charge in [0.15, 0.2) is 0 Å². The molecule has 1 unspecified atom stereocenters. The Kier molecular flexibility index (Phi) is 9.12. The molecule has 0 aliphatic rings. The monoisotopic (exact) mass is 236 g/mol. The average Bonchev–Trinajstić information content (AvgIpc) is 2.30. The van der Waals surface area contributed by atoms with Crippen molar-refractivity contribution in [2.75, 3.05) is 0 Å². The number of allylic oxidation sites excluding steroid dienone is 3. The summed E-state index contributed by atoms with van der Waals surface area (Å²) in [5, 5.41) is 0. The first-order valence-electron chi connectivity index (χ1n) is 6.34. The van der Waals surface area contributed by atoms with Gasteiger partial charge < -0.3 is 4.74 Å². The van der Waals surface area contributed by atoms with Crippen LogP contribution in [-0.2, 0) is 9.53 Å². The summed E-state index contributed by atoms with van der Waals surface area (Å²) in [6.45, 7) is 9.66. The summed E-state index contributed by atoms with van der Waals surface area (Å²) in [6, 6.07) is 0. The Bertz CT molecular complexity index is 287. The molecule has 0 heterocycles. The molecule has 96 valence electrons. The van der Waals surface area contributed by atoms with Crippen molar-refractivity contribution in [3.8, 4) is 0 Å². The molecule has 0 aromatic heterocycles. The summed E-state index contributed by atoms with van der Waals surface area (Å²) in [5.74, 6) is -0.114. The van der Waals surface area contributed by atoms with Crippen molar-refractivity contribution < 1.29 is 9.53 Å². The van der Waals surface area contributed by atoms with Gasteiger partial charge in [0.25, 0.3) is 0 Å². The second kappa shape index (κ2) is 9.88. The summed E-state index contributed by atoms with van der Waals surface area (Å²) >= 11 is 0. The maximum Gasteiger partial charge on any atom is 0.306 e. The van der Waals surface area contributed by atoms with E-state index < -0.39 is 0 Å². The van der Waals surface area contributed by atoms with Crippen molar-refractivity contribution in [2.24, 2.45) is 0 Å². The first-order chi connectivity index (χ1) is 8.19. The maximum atomic E-state index is 11.5. The van der Waals surface area contributed by atoms with Gasteiger partial charge in [0, 0.05) is 6.42 Å². The molecule has 1 atom stereocenters. The molecule has 2 heteroatoms. The van der Waals surface area contributed by atoms with Crippen LogP contribution >= 0.6 is 0 Å². The van der Waals surface area contributed by atoms with E-state index in [0.29, 0.717) is 6.42 Å². The third-order valence-electron chi connectivity index (χ3n) is 2.41. The van der Waals surface area contributed by atoms with E-state index in [9.17, 15) is 4.79 Å². The number of carbonyl (C=O) groups is 1. The van der Waals surface area contributed by atoms with Gasteiger partial charge in [-0.2, -0.15) is 0 Å². The SMILES string of the molecule is C=C/C=C\C(=C/C)C(CCC)OC(=O)CCC. The van der Waals surface area contributed by atoms with Crippen molar-refractivity contribution in [3.63, 3.8) is 0 Å². The zero-order valence-corrected chi connectivity index (χ0v) is 11.2. The number of esters is 1. The van der Waals surface area contributed by atoms with Gasteiger partial charge in [-0.1, -0.05) is 51.2 Å². The highest BCUT2D eigenvalue weighted by Gasteiger charge is 2.15. The molecule has 0 rings (SSSR count). The van der Waals surface area contributed by atoms with E-state index in [1.807, 2.05) is 32.1 Å². The standard InChI is InChI=1S/C15H24O2/c1-5-9-12-13(8-4)14(10-6-2)17-15(16)11-7-3/h5,8-9,12,14H,1,6-7,10-11H2,2-4H3/b12-9-,13-8+. The molecule has 0 fully saturated rings. The van der Waals surface area contributed by atoms with Crippen LogP contribution in [0.3, 0.4) is 0 Å². The minimum atomic E-state index is -0.125. The smallest absolute Gasteiger partial charge is 0.306 e. The van der Waals surface area contributed by atoms with Crippen LogP contribution in [0, 0.1) is 0 Å². The van der Waals surface area contributed by atoms with Crippen molar-refractivity contribution in [1.82, 2.24) is 0 Å². The Labute approximate surface area is 105 Å². The van der Waals surface area contributed by atoms with E-state index >= 15 is 0 Å². The Morgan fingerprint density at radius 1 is 1.35 bits per heavy atom. The number of rotatable bonds is 8. The van der Waals surface area contributed by atoms with Crippen LogP contribution in [0.1, 0.15) is 46.5 Å². The van der Waals surface area contributed by atoms with E-state index in [1.165, 1.54) is 0 Å². The highest BCUT2D eigenvalue weighted by Crippen LogP contribution is 2.16. The Morgan fingerprint density at radius 2 is 2.06 bits per heavy atom. The van der Waals surface area contributed by atoms with E-state index in [-0.39, 0.29) is 12.1 Å². The molecule has 0 radical (unpaired) electrons. The van der Waals surface area contributed by atoms with Crippen LogP contribution in [0.25, 0.3) is 0 Å². The molecule has 0 bridgehead atoms. The minimum absolute atomic E-state index is 0.114. The first-order valence-corrected chi connectivity index (χ1v) is 6.34. The molecule has 0 N–H and O–H groups in total. The zero-order chi connectivity index (χ0) is 13.1. The average molecular weight is 236 g/mol. The van der Waals surface area contributed by atoms with Crippen LogP contribution in [0.5, 0.6) is 0 Å². The summed E-state index contributed by atoms with van der Waals surface area (Å²) in [4.78, 5) is 11.5. The van der Waals surface area contributed by atoms with Crippen LogP contribution in [0.15, 0.2) is 36.5 Å². The van der Waals surface area contributed by atoms with Gasteiger partial charge in [0.05, 0.1) is 0 Å². The molecule has 2 nitrogen and oxygen atoms in total. The third kappa shape index (κ3) is 6.77. The Morgan fingerprint density at radius 3 is 2.53 bits per heavy atom. The van der Waals surface area contributed by atoms with Crippen LogP contribution in [0.4, 0.5) is 0 Å². The molecule has 0 aromatic carbocycles. The quantitative estimate of drug-likeness (QED) is 0.466. The maximum absolute atomic E-state index is 11.5. The summed E-state index contributed by atoms with van der Waals surface area (Å²) in [6.07, 6.45) is 10.6. The predicted molar refractivity (Wildman–Crippen MR) is 72.8 cm³/mol. The number of carbonyl (C=O) groups excluding carboxylic acids is 1. The molecule has 0 saturated carbocycles. The zero-order valence-electron chi connectivity index (χ0n) is 11.2. The van der Waals surface area contributed by atoms with Crippen molar-refractivity contribution in [1.29, 1.82) is 0 Å². The number of hydrogen-bond donors (Lipinski definition) is 0. The third-order valence-corrected chi connectivity index (χ3v) is 2.41. The lowest BCUT2D eigenvalue weighted by atomic mass is 10.0. The lowest BCUT2D eigenvalue weighted by molar-refractivity contribution is -0.147. The fraction of sp³-hybridized carbons (Fsp3) is 0.533. The summed E-state index contributed by atoms with van der Waals surface area (Å²) < 4.78 is 5.49. The Hall–Kier alpha value is -1.31. The highest BCUT2D eigenvalue weighted by molar-refractivity contribution is 5.69. The van der Waals surface area contributed by atoms with E-state index in [1.54, 1.807) is 6.08 Å². The highest BCUT2D eigenvalue weighted by atomic mass is 16.5. The van der Waals surface area contributed by atoms with E-state index in [2.05, 4.69) is 13.5 Å². The van der Waals surface area contributed by atoms with Crippen molar-refractivity contribution in [3.05, 3.63) is 36.5 Å². The molecule has 0 amide bonds. The Balaban J connectivity index is 4.63. The van der Waals surface area contributed by atoms with Crippen molar-refractivity contribution >= 4 is 5.97 Å². The number of ether oxygens (including phenoxy) is 1. The molecule has 0 aliphatic carbocycles. The molecular weight excluding hydrogens is 212 g/mol. The van der Waals surface area contributed by atoms with Gasteiger partial charge in [-0.3, -0.25) is 4.79 Å². The molecule has 0 aliphatic heterocycles. The van der Waals surface area contributed by atoms with Gasteiger partial charge >= 0.3 is 5.97 Å². The topological polar surface area (TPSA) is 26.3 Å².